The number of rotatable bonds is 4. The topological polar surface area (TPSA) is 17.8 Å². The van der Waals surface area contributed by atoms with Crippen LogP contribution in [0, 0.1) is 0 Å². The molecule has 20 heavy (non-hydrogen) atoms. The largest absolute Gasteiger partial charge is 1.00 e. The molecule has 1 aromatic heterocycles. The number of nitrogens with zero attached hydrogens (tertiary/aromatic N) is 2. The number of imidazole rings is 1. The van der Waals surface area contributed by atoms with E-state index >= 15 is 0 Å². The Morgan fingerprint density at radius 2 is 1.65 bits per heavy atom. The lowest BCUT2D eigenvalue weighted by molar-refractivity contribution is -0.00000396. The summed E-state index contributed by atoms with van der Waals surface area (Å²) in [7, 11) is 0. The molecular formula is C17H18ClN2-. The van der Waals surface area contributed by atoms with Crippen LogP contribution in [-0.4, -0.2) is 9.55 Å². The minimum absolute atomic E-state index is 0. The molecule has 0 atom stereocenters. The summed E-state index contributed by atoms with van der Waals surface area (Å²) in [5, 5.41) is 0. The molecule has 0 radical (unpaired) electrons. The van der Waals surface area contributed by atoms with Gasteiger partial charge in [0, 0.05) is 13.0 Å². The number of aromatic nitrogens is 2. The van der Waals surface area contributed by atoms with Crippen molar-refractivity contribution in [1.82, 2.24) is 9.55 Å². The van der Waals surface area contributed by atoms with Crippen molar-refractivity contribution in [3.63, 3.8) is 0 Å². The van der Waals surface area contributed by atoms with Gasteiger partial charge in [-0.3, -0.25) is 0 Å². The molecule has 2 nitrogen and oxygen atoms in total. The minimum Gasteiger partial charge on any atom is -1.00 e. The zero-order chi connectivity index (χ0) is 13.1. The first kappa shape index (κ1) is 14.6. The normalized spacial score (nSPS) is 10.4. The quantitative estimate of drug-likeness (QED) is 0.695. The molecule has 2 aromatic carbocycles. The summed E-state index contributed by atoms with van der Waals surface area (Å²) in [6.45, 7) is 3.16. The van der Waals surface area contributed by atoms with Crippen LogP contribution in [-0.2, 0) is 19.4 Å². The third-order valence-corrected chi connectivity index (χ3v) is 3.52. The second-order valence-corrected chi connectivity index (χ2v) is 4.76. The summed E-state index contributed by atoms with van der Waals surface area (Å²) >= 11 is 0. The molecule has 0 bridgehead atoms. The molecule has 0 saturated heterocycles. The van der Waals surface area contributed by atoms with Crippen molar-refractivity contribution in [2.75, 3.05) is 0 Å². The van der Waals surface area contributed by atoms with Crippen molar-refractivity contribution >= 4 is 11.0 Å². The Morgan fingerprint density at radius 1 is 0.950 bits per heavy atom. The highest BCUT2D eigenvalue weighted by molar-refractivity contribution is 5.75. The van der Waals surface area contributed by atoms with Crippen LogP contribution in [0.1, 0.15) is 18.3 Å². The predicted molar refractivity (Wildman–Crippen MR) is 79.3 cm³/mol. The van der Waals surface area contributed by atoms with Crippen LogP contribution in [0.4, 0.5) is 0 Å². The Labute approximate surface area is 125 Å². The Hall–Kier alpha value is -1.80. The Balaban J connectivity index is 0.00000147. The minimum atomic E-state index is 0. The Morgan fingerprint density at radius 3 is 2.40 bits per heavy atom. The molecule has 3 heteroatoms. The molecule has 3 rings (SSSR count). The van der Waals surface area contributed by atoms with Crippen LogP contribution < -0.4 is 12.4 Å². The number of fused-ring (bicyclic) bond motifs is 1. The molecule has 0 unspecified atom stereocenters. The molecule has 0 N–H and O–H groups in total. The van der Waals surface area contributed by atoms with E-state index in [0.29, 0.717) is 0 Å². The van der Waals surface area contributed by atoms with Gasteiger partial charge in [-0.2, -0.15) is 0 Å². The van der Waals surface area contributed by atoms with Crippen molar-refractivity contribution in [2.24, 2.45) is 0 Å². The smallest absolute Gasteiger partial charge is 0.109 e. The highest BCUT2D eigenvalue weighted by Crippen LogP contribution is 2.17. The van der Waals surface area contributed by atoms with Gasteiger partial charge in [0.1, 0.15) is 5.82 Å². The van der Waals surface area contributed by atoms with E-state index in [4.69, 9.17) is 4.98 Å². The zero-order valence-electron chi connectivity index (χ0n) is 11.6. The first-order valence-corrected chi connectivity index (χ1v) is 6.86. The number of para-hydroxylation sites is 2. The van der Waals surface area contributed by atoms with Crippen molar-refractivity contribution in [3.8, 4) is 0 Å². The average Bonchev–Trinajstić information content (AvgIpc) is 2.84. The summed E-state index contributed by atoms with van der Waals surface area (Å²) in [6, 6.07) is 19.0. The first-order valence-electron chi connectivity index (χ1n) is 6.86. The fraction of sp³-hybridized carbons (Fsp3) is 0.235. The molecule has 0 aliphatic heterocycles. The number of aryl methyl sites for hydroxylation is 3. The lowest BCUT2D eigenvalue weighted by atomic mass is 10.1. The van der Waals surface area contributed by atoms with Gasteiger partial charge in [-0.1, -0.05) is 49.4 Å². The van der Waals surface area contributed by atoms with E-state index in [9.17, 15) is 0 Å². The molecular weight excluding hydrogens is 268 g/mol. The van der Waals surface area contributed by atoms with Crippen LogP contribution in [0.15, 0.2) is 54.6 Å². The highest BCUT2D eigenvalue weighted by Gasteiger charge is 2.08. The number of benzene rings is 2. The van der Waals surface area contributed by atoms with Gasteiger partial charge in [-0.05, 0) is 24.1 Å². The summed E-state index contributed by atoms with van der Waals surface area (Å²) in [5.74, 6) is 1.18. The van der Waals surface area contributed by atoms with Crippen LogP contribution in [0.25, 0.3) is 11.0 Å². The van der Waals surface area contributed by atoms with Crippen LogP contribution in [0.5, 0.6) is 0 Å². The number of hydrogen-bond donors (Lipinski definition) is 0. The molecule has 104 valence electrons. The molecule has 0 aliphatic rings. The Kier molecular flexibility index (Phi) is 4.80. The van der Waals surface area contributed by atoms with Gasteiger partial charge >= 0.3 is 0 Å². The fourth-order valence-corrected chi connectivity index (χ4v) is 2.53. The van der Waals surface area contributed by atoms with E-state index < -0.39 is 0 Å². The van der Waals surface area contributed by atoms with Gasteiger partial charge in [-0.25, -0.2) is 4.98 Å². The van der Waals surface area contributed by atoms with Crippen LogP contribution >= 0.6 is 0 Å². The zero-order valence-corrected chi connectivity index (χ0v) is 12.3. The van der Waals surface area contributed by atoms with Crippen molar-refractivity contribution in [1.29, 1.82) is 0 Å². The van der Waals surface area contributed by atoms with Gasteiger partial charge in [0.2, 0.25) is 0 Å². The standard InChI is InChI=1S/C17H18N2.ClH/c1-2-17-18-15-10-6-7-11-16(15)19(17)13-12-14-8-4-3-5-9-14;/h3-11H,2,12-13H2,1H3;1H/p-1. The van der Waals surface area contributed by atoms with Crippen LogP contribution in [0.3, 0.4) is 0 Å². The van der Waals surface area contributed by atoms with Crippen molar-refractivity contribution in [2.45, 2.75) is 26.3 Å². The lowest BCUT2D eigenvalue weighted by Gasteiger charge is -2.08. The molecule has 1 heterocycles. The Bertz CT molecular complexity index is 674. The van der Waals surface area contributed by atoms with Crippen molar-refractivity contribution in [3.05, 3.63) is 66.0 Å². The van der Waals surface area contributed by atoms with Gasteiger partial charge in [0.25, 0.3) is 0 Å². The molecule has 0 aliphatic carbocycles. The van der Waals surface area contributed by atoms with Gasteiger partial charge in [0.05, 0.1) is 11.0 Å². The molecule has 3 aromatic rings. The summed E-state index contributed by atoms with van der Waals surface area (Å²) < 4.78 is 2.35. The fourth-order valence-electron chi connectivity index (χ4n) is 2.53. The molecule has 0 amide bonds. The summed E-state index contributed by atoms with van der Waals surface area (Å²) in [5.41, 5.74) is 3.73. The average molecular weight is 286 g/mol. The van der Waals surface area contributed by atoms with Crippen molar-refractivity contribution < 1.29 is 12.4 Å². The van der Waals surface area contributed by atoms with E-state index in [-0.39, 0.29) is 12.4 Å². The molecule has 0 saturated carbocycles. The van der Waals surface area contributed by atoms with E-state index in [1.807, 2.05) is 0 Å². The lowest BCUT2D eigenvalue weighted by Crippen LogP contribution is -3.00. The van der Waals surface area contributed by atoms with E-state index in [1.165, 1.54) is 16.9 Å². The maximum atomic E-state index is 4.71. The second kappa shape index (κ2) is 6.58. The van der Waals surface area contributed by atoms with E-state index in [2.05, 4.69) is 66.1 Å². The third kappa shape index (κ3) is 2.86. The van der Waals surface area contributed by atoms with Crippen LogP contribution in [0.2, 0.25) is 0 Å². The highest BCUT2D eigenvalue weighted by atomic mass is 35.5. The first-order chi connectivity index (χ1) is 9.38. The number of hydrogen-bond acceptors (Lipinski definition) is 1. The van der Waals surface area contributed by atoms with E-state index in [1.54, 1.807) is 0 Å². The maximum absolute atomic E-state index is 4.71. The maximum Gasteiger partial charge on any atom is 0.109 e. The SMILES string of the molecule is CCc1nc2ccccc2n1CCc1ccccc1.[Cl-]. The van der Waals surface area contributed by atoms with Gasteiger partial charge in [0.15, 0.2) is 0 Å². The number of halogens is 1. The van der Waals surface area contributed by atoms with Gasteiger partial charge < -0.3 is 17.0 Å². The second-order valence-electron chi connectivity index (χ2n) is 4.76. The summed E-state index contributed by atoms with van der Waals surface area (Å²) in [4.78, 5) is 4.71. The predicted octanol–water partition coefficient (Wildman–Crippen LogP) is 0.845. The van der Waals surface area contributed by atoms with E-state index in [0.717, 1.165) is 24.9 Å². The molecule has 0 fully saturated rings. The monoisotopic (exact) mass is 285 g/mol. The summed E-state index contributed by atoms with van der Waals surface area (Å²) in [6.07, 6.45) is 2.03. The third-order valence-electron chi connectivity index (χ3n) is 3.52. The molecule has 0 spiro atoms. The van der Waals surface area contributed by atoms with Gasteiger partial charge in [-0.15, -0.1) is 0 Å².